The Bertz CT molecular complexity index is 825. The number of benzene rings is 2. The molecule has 3 rings (SSSR count). The number of hydrogen-bond donors (Lipinski definition) is 2. The molecule has 0 saturated carbocycles. The first-order valence-corrected chi connectivity index (χ1v) is 9.65. The number of hydrogen-bond acceptors (Lipinski definition) is 2. The molecule has 0 bridgehead atoms. The summed E-state index contributed by atoms with van der Waals surface area (Å²) in [5.74, 6) is 0.0567. The first-order chi connectivity index (χ1) is 12.9. The fraction of sp³-hybridized carbons (Fsp3) is 0.391. The molecule has 142 valence electrons. The van der Waals surface area contributed by atoms with Gasteiger partial charge >= 0.3 is 0 Å². The Kier molecular flexibility index (Phi) is 5.64. The summed E-state index contributed by atoms with van der Waals surface area (Å²) < 4.78 is 0. The van der Waals surface area contributed by atoms with Gasteiger partial charge in [0.25, 0.3) is 0 Å². The number of rotatable bonds is 5. The quantitative estimate of drug-likeness (QED) is 0.804. The second-order valence-electron chi connectivity index (χ2n) is 7.94. The summed E-state index contributed by atoms with van der Waals surface area (Å²) in [5, 5.41) is 6.04. The van der Waals surface area contributed by atoms with Crippen molar-refractivity contribution < 1.29 is 9.59 Å². The van der Waals surface area contributed by atoms with Crippen molar-refractivity contribution in [3.05, 3.63) is 65.2 Å². The summed E-state index contributed by atoms with van der Waals surface area (Å²) in [7, 11) is 0. The van der Waals surface area contributed by atoms with Crippen molar-refractivity contribution in [3.8, 4) is 0 Å². The standard InChI is InChI=1S/C23H28N2O2/c1-14(2)16-9-11-17(12-10-16)22(15(3)4)25-23(27)19-13-21(26)24-20-8-6-5-7-18(19)20/h5-12,14-15,19,22H,13H2,1-4H3,(H,24,26)(H,25,27). The molecule has 4 heteroatoms. The van der Waals surface area contributed by atoms with Crippen molar-refractivity contribution in [1.82, 2.24) is 5.32 Å². The van der Waals surface area contributed by atoms with E-state index in [0.29, 0.717) is 5.92 Å². The lowest BCUT2D eigenvalue weighted by Gasteiger charge is -2.29. The highest BCUT2D eigenvalue weighted by Gasteiger charge is 2.32. The topological polar surface area (TPSA) is 58.2 Å². The van der Waals surface area contributed by atoms with Crippen LogP contribution in [-0.4, -0.2) is 11.8 Å². The van der Waals surface area contributed by atoms with E-state index in [1.165, 1.54) is 5.56 Å². The summed E-state index contributed by atoms with van der Waals surface area (Å²) in [6, 6.07) is 15.9. The molecule has 27 heavy (non-hydrogen) atoms. The van der Waals surface area contributed by atoms with Crippen LogP contribution in [0.3, 0.4) is 0 Å². The lowest BCUT2D eigenvalue weighted by atomic mass is 9.88. The van der Waals surface area contributed by atoms with Crippen molar-refractivity contribution in [1.29, 1.82) is 0 Å². The molecule has 1 heterocycles. The van der Waals surface area contributed by atoms with Gasteiger partial charge in [-0.25, -0.2) is 0 Å². The average molecular weight is 364 g/mol. The van der Waals surface area contributed by atoms with Crippen LogP contribution in [0, 0.1) is 5.92 Å². The lowest BCUT2D eigenvalue weighted by Crippen LogP contribution is -2.38. The van der Waals surface area contributed by atoms with Crippen LogP contribution in [0.1, 0.15) is 68.7 Å². The van der Waals surface area contributed by atoms with Crippen LogP contribution >= 0.6 is 0 Å². The number of para-hydroxylation sites is 1. The molecule has 4 nitrogen and oxygen atoms in total. The van der Waals surface area contributed by atoms with Crippen molar-refractivity contribution in [3.63, 3.8) is 0 Å². The minimum absolute atomic E-state index is 0.0872. The fourth-order valence-corrected chi connectivity index (χ4v) is 3.62. The number of fused-ring (bicyclic) bond motifs is 1. The molecule has 0 aromatic heterocycles. The van der Waals surface area contributed by atoms with Gasteiger partial charge in [-0.2, -0.15) is 0 Å². The van der Waals surface area contributed by atoms with Crippen molar-refractivity contribution >= 4 is 17.5 Å². The zero-order valence-corrected chi connectivity index (χ0v) is 16.5. The van der Waals surface area contributed by atoms with E-state index in [4.69, 9.17) is 0 Å². The van der Waals surface area contributed by atoms with E-state index in [2.05, 4.69) is 62.6 Å². The zero-order chi connectivity index (χ0) is 19.6. The molecule has 0 saturated heterocycles. The van der Waals surface area contributed by atoms with Gasteiger partial charge in [0.05, 0.1) is 12.0 Å². The molecule has 0 aliphatic carbocycles. The van der Waals surface area contributed by atoms with Gasteiger partial charge < -0.3 is 10.6 Å². The summed E-state index contributed by atoms with van der Waals surface area (Å²) in [5.41, 5.74) is 3.99. The molecule has 2 atom stereocenters. The van der Waals surface area contributed by atoms with Crippen LogP contribution in [0.15, 0.2) is 48.5 Å². The van der Waals surface area contributed by atoms with E-state index >= 15 is 0 Å². The van der Waals surface area contributed by atoms with E-state index in [0.717, 1.165) is 16.8 Å². The molecule has 0 fully saturated rings. The van der Waals surface area contributed by atoms with Gasteiger partial charge in [-0.15, -0.1) is 0 Å². The van der Waals surface area contributed by atoms with E-state index < -0.39 is 5.92 Å². The largest absolute Gasteiger partial charge is 0.348 e. The Morgan fingerprint density at radius 2 is 1.63 bits per heavy atom. The van der Waals surface area contributed by atoms with E-state index in [1.54, 1.807) is 0 Å². The maximum Gasteiger partial charge on any atom is 0.228 e. The van der Waals surface area contributed by atoms with Crippen LogP contribution in [0.25, 0.3) is 0 Å². The molecule has 1 aliphatic rings. The molecule has 2 aromatic rings. The highest BCUT2D eigenvalue weighted by Crippen LogP contribution is 2.33. The second kappa shape index (κ2) is 7.95. The van der Waals surface area contributed by atoms with Gasteiger partial charge in [0, 0.05) is 12.1 Å². The van der Waals surface area contributed by atoms with Gasteiger partial charge in [0.1, 0.15) is 0 Å². The highest BCUT2D eigenvalue weighted by molar-refractivity contribution is 6.01. The minimum atomic E-state index is -0.453. The van der Waals surface area contributed by atoms with Crippen LogP contribution in [0.2, 0.25) is 0 Å². The van der Waals surface area contributed by atoms with E-state index in [1.807, 2.05) is 24.3 Å². The number of carbonyl (C=O) groups excluding carboxylic acids is 2. The van der Waals surface area contributed by atoms with Crippen LogP contribution in [0.4, 0.5) is 5.69 Å². The normalized spacial score (nSPS) is 17.4. The molecule has 0 radical (unpaired) electrons. The van der Waals surface area contributed by atoms with Crippen molar-refractivity contribution in [2.24, 2.45) is 5.92 Å². The van der Waals surface area contributed by atoms with Gasteiger partial charge in [0.15, 0.2) is 0 Å². The minimum Gasteiger partial charge on any atom is -0.348 e. The third kappa shape index (κ3) is 4.21. The fourth-order valence-electron chi connectivity index (χ4n) is 3.62. The summed E-state index contributed by atoms with van der Waals surface area (Å²) in [6.45, 7) is 8.54. The molecular weight excluding hydrogens is 336 g/mol. The summed E-state index contributed by atoms with van der Waals surface area (Å²) in [4.78, 5) is 25.1. The monoisotopic (exact) mass is 364 g/mol. The lowest BCUT2D eigenvalue weighted by molar-refractivity contribution is -0.127. The van der Waals surface area contributed by atoms with E-state index in [9.17, 15) is 9.59 Å². The van der Waals surface area contributed by atoms with Crippen LogP contribution in [0.5, 0.6) is 0 Å². The predicted octanol–water partition coefficient (Wildman–Crippen LogP) is 4.75. The van der Waals surface area contributed by atoms with Gasteiger partial charge in [-0.1, -0.05) is 70.2 Å². The summed E-state index contributed by atoms with van der Waals surface area (Å²) >= 11 is 0. The van der Waals surface area contributed by atoms with Gasteiger partial charge in [-0.3, -0.25) is 9.59 Å². The molecule has 2 amide bonds. The Labute approximate surface area is 161 Å². The Morgan fingerprint density at radius 3 is 2.26 bits per heavy atom. The van der Waals surface area contributed by atoms with Gasteiger partial charge in [-0.05, 0) is 34.6 Å². The van der Waals surface area contributed by atoms with Crippen molar-refractivity contribution in [2.45, 2.75) is 52.0 Å². The predicted molar refractivity (Wildman–Crippen MR) is 109 cm³/mol. The molecule has 2 unspecified atom stereocenters. The first kappa shape index (κ1) is 19.2. The maximum atomic E-state index is 13.1. The van der Waals surface area contributed by atoms with Crippen molar-refractivity contribution in [2.75, 3.05) is 5.32 Å². The van der Waals surface area contributed by atoms with Crippen LogP contribution in [-0.2, 0) is 9.59 Å². The average Bonchev–Trinajstić information content (AvgIpc) is 2.65. The second-order valence-corrected chi connectivity index (χ2v) is 7.94. The number of amides is 2. The smallest absolute Gasteiger partial charge is 0.228 e. The SMILES string of the molecule is CC(C)c1ccc(C(NC(=O)C2CC(=O)Nc3ccccc32)C(C)C)cc1. The van der Waals surface area contributed by atoms with E-state index in [-0.39, 0.29) is 30.2 Å². The maximum absolute atomic E-state index is 13.1. The highest BCUT2D eigenvalue weighted by atomic mass is 16.2. The number of nitrogens with one attached hydrogen (secondary N) is 2. The Balaban J connectivity index is 1.83. The third-order valence-corrected chi connectivity index (χ3v) is 5.24. The van der Waals surface area contributed by atoms with Gasteiger partial charge in [0.2, 0.25) is 11.8 Å². The molecule has 2 aromatic carbocycles. The number of anilines is 1. The number of carbonyl (C=O) groups is 2. The molecule has 0 spiro atoms. The first-order valence-electron chi connectivity index (χ1n) is 9.65. The summed E-state index contributed by atoms with van der Waals surface area (Å²) in [6.07, 6.45) is 0.181. The molecule has 1 aliphatic heterocycles. The zero-order valence-electron chi connectivity index (χ0n) is 16.5. The third-order valence-electron chi connectivity index (χ3n) is 5.24. The molecule has 2 N–H and O–H groups in total. The molecular formula is C23H28N2O2. The van der Waals surface area contributed by atoms with Crippen LogP contribution < -0.4 is 10.6 Å². The Hall–Kier alpha value is -2.62. The Morgan fingerprint density at radius 1 is 1.00 bits per heavy atom.